The number of fused-ring (bicyclic) bond motifs is 1. The molecule has 0 radical (unpaired) electrons. The van der Waals surface area contributed by atoms with Crippen LogP contribution in [-0.2, 0) is 9.59 Å². The van der Waals surface area contributed by atoms with Crippen molar-refractivity contribution in [2.45, 2.75) is 12.8 Å². The Morgan fingerprint density at radius 2 is 2.00 bits per heavy atom. The SMILES string of the molecule is NCCCNC(=O)C1CC(=O)N(c2cccc3ccccc23)C1. The Hall–Kier alpha value is -2.40. The predicted octanol–water partition coefficient (Wildman–Crippen LogP) is 1.66. The van der Waals surface area contributed by atoms with E-state index >= 15 is 0 Å². The Morgan fingerprint density at radius 1 is 1.22 bits per heavy atom. The first-order chi connectivity index (χ1) is 11.2. The molecule has 5 nitrogen and oxygen atoms in total. The van der Waals surface area contributed by atoms with Crippen molar-refractivity contribution in [1.82, 2.24) is 5.32 Å². The molecule has 2 aromatic rings. The zero-order valence-corrected chi connectivity index (χ0v) is 13.0. The molecule has 0 aromatic heterocycles. The summed E-state index contributed by atoms with van der Waals surface area (Å²) in [5.41, 5.74) is 6.31. The number of carbonyl (C=O) groups is 2. The van der Waals surface area contributed by atoms with E-state index in [9.17, 15) is 9.59 Å². The van der Waals surface area contributed by atoms with Crippen LogP contribution in [0.4, 0.5) is 5.69 Å². The number of benzene rings is 2. The summed E-state index contributed by atoms with van der Waals surface area (Å²) >= 11 is 0. The third-order valence-corrected chi connectivity index (χ3v) is 4.23. The van der Waals surface area contributed by atoms with E-state index in [1.54, 1.807) is 4.90 Å². The van der Waals surface area contributed by atoms with E-state index in [2.05, 4.69) is 5.32 Å². The monoisotopic (exact) mass is 311 g/mol. The molecule has 23 heavy (non-hydrogen) atoms. The Balaban J connectivity index is 1.78. The van der Waals surface area contributed by atoms with Crippen molar-refractivity contribution in [2.24, 2.45) is 11.7 Å². The molecule has 2 amide bonds. The number of anilines is 1. The quantitative estimate of drug-likeness (QED) is 0.825. The van der Waals surface area contributed by atoms with Gasteiger partial charge in [0.25, 0.3) is 0 Å². The lowest BCUT2D eigenvalue weighted by atomic mass is 10.1. The number of amides is 2. The molecule has 2 aromatic carbocycles. The zero-order chi connectivity index (χ0) is 16.2. The highest BCUT2D eigenvalue weighted by molar-refractivity contribution is 6.06. The van der Waals surface area contributed by atoms with Crippen molar-refractivity contribution in [1.29, 1.82) is 0 Å². The maximum absolute atomic E-state index is 12.4. The van der Waals surface area contributed by atoms with E-state index in [1.807, 2.05) is 42.5 Å². The number of nitrogens with one attached hydrogen (secondary N) is 1. The summed E-state index contributed by atoms with van der Waals surface area (Å²) in [6.45, 7) is 1.54. The van der Waals surface area contributed by atoms with Crippen molar-refractivity contribution >= 4 is 28.3 Å². The number of hydrogen-bond donors (Lipinski definition) is 2. The van der Waals surface area contributed by atoms with E-state index in [-0.39, 0.29) is 24.2 Å². The lowest BCUT2D eigenvalue weighted by Gasteiger charge is -2.19. The van der Waals surface area contributed by atoms with Gasteiger partial charge in [-0.3, -0.25) is 9.59 Å². The van der Waals surface area contributed by atoms with Crippen LogP contribution in [-0.4, -0.2) is 31.4 Å². The van der Waals surface area contributed by atoms with Gasteiger partial charge in [-0.15, -0.1) is 0 Å². The second-order valence-corrected chi connectivity index (χ2v) is 5.84. The van der Waals surface area contributed by atoms with Gasteiger partial charge in [-0.2, -0.15) is 0 Å². The molecule has 0 aliphatic carbocycles. The summed E-state index contributed by atoms with van der Waals surface area (Å²) in [5, 5.41) is 4.98. The fraction of sp³-hybridized carbons (Fsp3) is 0.333. The maximum atomic E-state index is 12.4. The van der Waals surface area contributed by atoms with Gasteiger partial charge in [0.1, 0.15) is 0 Å². The molecule has 5 heteroatoms. The highest BCUT2D eigenvalue weighted by Crippen LogP contribution is 2.31. The van der Waals surface area contributed by atoms with Crippen LogP contribution < -0.4 is 16.0 Å². The molecular weight excluding hydrogens is 290 g/mol. The third-order valence-electron chi connectivity index (χ3n) is 4.23. The summed E-state index contributed by atoms with van der Waals surface area (Å²) in [6, 6.07) is 13.9. The number of nitrogens with zero attached hydrogens (tertiary/aromatic N) is 1. The van der Waals surface area contributed by atoms with Crippen LogP contribution in [0.3, 0.4) is 0 Å². The highest BCUT2D eigenvalue weighted by Gasteiger charge is 2.35. The van der Waals surface area contributed by atoms with Gasteiger partial charge >= 0.3 is 0 Å². The minimum atomic E-state index is -0.292. The van der Waals surface area contributed by atoms with Gasteiger partial charge in [-0.1, -0.05) is 36.4 Å². The van der Waals surface area contributed by atoms with Crippen LogP contribution in [0.1, 0.15) is 12.8 Å². The topological polar surface area (TPSA) is 75.4 Å². The number of nitrogens with two attached hydrogens (primary N) is 1. The molecule has 0 spiro atoms. The van der Waals surface area contributed by atoms with Crippen molar-refractivity contribution in [2.75, 3.05) is 24.5 Å². The molecule has 1 aliphatic rings. The molecule has 0 saturated carbocycles. The Kier molecular flexibility index (Phi) is 4.57. The summed E-state index contributed by atoms with van der Waals surface area (Å²) in [6.07, 6.45) is 1.01. The zero-order valence-electron chi connectivity index (χ0n) is 13.0. The second kappa shape index (κ2) is 6.79. The van der Waals surface area contributed by atoms with Gasteiger partial charge in [-0.05, 0) is 24.4 Å². The van der Waals surface area contributed by atoms with Crippen LogP contribution in [0.25, 0.3) is 10.8 Å². The maximum Gasteiger partial charge on any atom is 0.227 e. The van der Waals surface area contributed by atoms with Crippen LogP contribution in [0.2, 0.25) is 0 Å². The molecule has 1 aliphatic heterocycles. The highest BCUT2D eigenvalue weighted by atomic mass is 16.2. The van der Waals surface area contributed by atoms with E-state index in [0.717, 1.165) is 22.9 Å². The van der Waals surface area contributed by atoms with Gasteiger partial charge in [0.05, 0.1) is 11.6 Å². The molecule has 120 valence electrons. The van der Waals surface area contributed by atoms with Crippen molar-refractivity contribution in [3.05, 3.63) is 42.5 Å². The van der Waals surface area contributed by atoms with Gasteiger partial charge in [0.15, 0.2) is 0 Å². The standard InChI is InChI=1S/C18H21N3O2/c19-9-4-10-20-18(23)14-11-17(22)21(12-14)16-8-3-6-13-5-1-2-7-15(13)16/h1-3,5-8,14H,4,9-12,19H2,(H,20,23). The van der Waals surface area contributed by atoms with Crippen LogP contribution >= 0.6 is 0 Å². The van der Waals surface area contributed by atoms with E-state index < -0.39 is 0 Å². The Labute approximate surface area is 135 Å². The average Bonchev–Trinajstić information content (AvgIpc) is 2.96. The van der Waals surface area contributed by atoms with Gasteiger partial charge < -0.3 is 16.0 Å². The number of carbonyl (C=O) groups excluding carboxylic acids is 2. The van der Waals surface area contributed by atoms with Crippen LogP contribution in [0, 0.1) is 5.92 Å². The van der Waals surface area contributed by atoms with Gasteiger partial charge in [0.2, 0.25) is 11.8 Å². The van der Waals surface area contributed by atoms with Crippen molar-refractivity contribution < 1.29 is 9.59 Å². The van der Waals surface area contributed by atoms with E-state index in [4.69, 9.17) is 5.73 Å². The third kappa shape index (κ3) is 3.19. The molecule has 1 unspecified atom stereocenters. The molecule has 1 heterocycles. The summed E-state index contributed by atoms with van der Waals surface area (Å²) < 4.78 is 0. The van der Waals surface area contributed by atoms with Gasteiger partial charge in [0, 0.05) is 24.9 Å². The first-order valence-electron chi connectivity index (χ1n) is 7.96. The molecule has 3 rings (SSSR count). The summed E-state index contributed by atoms with van der Waals surface area (Å²) in [4.78, 5) is 26.3. The van der Waals surface area contributed by atoms with Gasteiger partial charge in [-0.25, -0.2) is 0 Å². The molecule has 0 bridgehead atoms. The minimum Gasteiger partial charge on any atom is -0.356 e. The molecule has 1 fully saturated rings. The smallest absolute Gasteiger partial charge is 0.227 e. The number of hydrogen-bond acceptors (Lipinski definition) is 3. The minimum absolute atomic E-state index is 0.000304. The molecule has 1 saturated heterocycles. The van der Waals surface area contributed by atoms with Crippen LogP contribution in [0.15, 0.2) is 42.5 Å². The first-order valence-corrected chi connectivity index (χ1v) is 7.96. The molecule has 3 N–H and O–H groups in total. The fourth-order valence-corrected chi connectivity index (χ4v) is 3.02. The largest absolute Gasteiger partial charge is 0.356 e. The first kappa shape index (κ1) is 15.5. The number of rotatable bonds is 5. The van der Waals surface area contributed by atoms with Crippen molar-refractivity contribution in [3.63, 3.8) is 0 Å². The Bertz CT molecular complexity index is 724. The van der Waals surface area contributed by atoms with Crippen LogP contribution in [0.5, 0.6) is 0 Å². The van der Waals surface area contributed by atoms with E-state index in [0.29, 0.717) is 19.6 Å². The predicted molar refractivity (Wildman–Crippen MR) is 91.1 cm³/mol. The lowest BCUT2D eigenvalue weighted by Crippen LogP contribution is -2.34. The summed E-state index contributed by atoms with van der Waals surface area (Å²) in [7, 11) is 0. The fourth-order valence-electron chi connectivity index (χ4n) is 3.02. The average molecular weight is 311 g/mol. The second-order valence-electron chi connectivity index (χ2n) is 5.84. The summed E-state index contributed by atoms with van der Waals surface area (Å²) in [5.74, 6) is -0.353. The van der Waals surface area contributed by atoms with Crippen molar-refractivity contribution in [3.8, 4) is 0 Å². The lowest BCUT2D eigenvalue weighted by molar-refractivity contribution is -0.126. The Morgan fingerprint density at radius 3 is 2.83 bits per heavy atom. The molecule has 1 atom stereocenters. The normalized spacial score (nSPS) is 17.7. The molecular formula is C18H21N3O2. The van der Waals surface area contributed by atoms with E-state index in [1.165, 1.54) is 0 Å².